The van der Waals surface area contributed by atoms with Gasteiger partial charge in [-0.3, -0.25) is 4.79 Å². The Labute approximate surface area is 191 Å². The van der Waals surface area contributed by atoms with Crippen molar-refractivity contribution in [2.45, 2.75) is 33.7 Å². The number of rotatable bonds is 6. The largest absolute Gasteiger partial charge is 0.364 e. The molecule has 2 aromatic carbocycles. The van der Waals surface area contributed by atoms with Crippen LogP contribution in [-0.2, 0) is 0 Å². The third-order valence-corrected chi connectivity index (χ3v) is 5.71. The molecule has 3 aromatic rings. The average Bonchev–Trinajstić information content (AvgIpc) is 3.13. The topological polar surface area (TPSA) is 44.9 Å². The molecule has 1 amide bonds. The zero-order valence-corrected chi connectivity index (χ0v) is 19.8. The summed E-state index contributed by atoms with van der Waals surface area (Å²) in [5.74, 6) is -0.826. The van der Waals surface area contributed by atoms with E-state index in [-0.39, 0.29) is 28.6 Å². The van der Waals surface area contributed by atoms with Crippen molar-refractivity contribution in [1.82, 2.24) is 10.3 Å². The number of hydrogen-bond donors (Lipinski definition) is 2. The number of aromatic nitrogens is 1. The molecule has 0 aliphatic heterocycles. The van der Waals surface area contributed by atoms with E-state index >= 15 is 0 Å². The fourth-order valence-corrected chi connectivity index (χ4v) is 4.14. The van der Waals surface area contributed by atoms with Crippen LogP contribution in [0, 0.1) is 25.5 Å². The summed E-state index contributed by atoms with van der Waals surface area (Å²) < 4.78 is 28.7. The maximum atomic E-state index is 14.6. The minimum Gasteiger partial charge on any atom is -0.364 e. The maximum Gasteiger partial charge on any atom is 0.253 e. The summed E-state index contributed by atoms with van der Waals surface area (Å²) in [5.41, 5.74) is 2.36. The quantitative estimate of drug-likeness (QED) is 0.409. The number of carbonyl (C=O) groups is 1. The van der Waals surface area contributed by atoms with Crippen LogP contribution in [0.3, 0.4) is 0 Å². The van der Waals surface area contributed by atoms with E-state index in [0.29, 0.717) is 22.0 Å². The maximum absolute atomic E-state index is 14.6. The first-order valence-corrected chi connectivity index (χ1v) is 11.8. The van der Waals surface area contributed by atoms with Gasteiger partial charge in [0.2, 0.25) is 0 Å². The number of nitrogens with one attached hydrogen (secondary N) is 2. The predicted octanol–water partition coefficient (Wildman–Crippen LogP) is 7.09. The molecule has 0 radical (unpaired) electrons. The molecule has 0 fully saturated rings. The fraction of sp³-hybridized carbons (Fsp3) is 0.292. The molecule has 2 N–H and O–H groups in total. The minimum absolute atomic E-state index is 0.0954. The molecule has 31 heavy (non-hydrogen) atoms. The molecule has 0 aliphatic carbocycles. The number of hydrogen-bond acceptors (Lipinski definition) is 2. The van der Waals surface area contributed by atoms with Gasteiger partial charge in [0, 0.05) is 33.8 Å². The molecule has 0 aliphatic rings. The number of thioether (sulfide) groups is 1. The van der Waals surface area contributed by atoms with Gasteiger partial charge < -0.3 is 10.3 Å². The Balaban J connectivity index is 0.00000166. The summed E-state index contributed by atoms with van der Waals surface area (Å²) >= 11 is 7.68. The Hall–Kier alpha value is -2.31. The molecule has 0 saturated heterocycles. The number of amides is 1. The molecule has 3 rings (SSSR count). The molecule has 1 unspecified atom stereocenters. The second-order valence-electron chi connectivity index (χ2n) is 6.77. The molecule has 1 heterocycles. The lowest BCUT2D eigenvalue weighted by Crippen LogP contribution is -2.30. The van der Waals surface area contributed by atoms with Crippen molar-refractivity contribution in [2.24, 2.45) is 0 Å². The van der Waals surface area contributed by atoms with Crippen LogP contribution in [0.5, 0.6) is 0 Å². The highest BCUT2D eigenvalue weighted by atomic mass is 35.5. The van der Waals surface area contributed by atoms with Crippen LogP contribution in [-0.4, -0.2) is 22.9 Å². The number of aryl methyl sites for hydroxylation is 1. The van der Waals surface area contributed by atoms with E-state index in [2.05, 4.69) is 10.3 Å². The van der Waals surface area contributed by atoms with Crippen LogP contribution in [0.1, 0.15) is 47.1 Å². The summed E-state index contributed by atoms with van der Waals surface area (Å²) in [6.07, 6.45) is 3.47. The van der Waals surface area contributed by atoms with Crippen molar-refractivity contribution in [3.05, 3.63) is 81.6 Å². The molecular formula is C24H27ClF2N2OS. The SMILES string of the molecule is CC.CSCC(NC(=O)c1c[nH]c(C)c1-c1c(F)ccc(F)c1C)c1cccc(Cl)c1. The normalized spacial score (nSPS) is 11.5. The number of carbonyl (C=O) groups excluding carboxylic acids is 1. The molecular weight excluding hydrogens is 438 g/mol. The average molecular weight is 465 g/mol. The van der Waals surface area contributed by atoms with Gasteiger partial charge in [-0.15, -0.1) is 0 Å². The first kappa shape index (κ1) is 25.0. The van der Waals surface area contributed by atoms with Gasteiger partial charge in [-0.05, 0) is 55.5 Å². The molecule has 1 atom stereocenters. The third-order valence-electron chi connectivity index (χ3n) is 4.81. The number of benzene rings is 2. The van der Waals surface area contributed by atoms with Crippen LogP contribution < -0.4 is 5.32 Å². The highest BCUT2D eigenvalue weighted by Crippen LogP contribution is 2.34. The molecule has 1 aromatic heterocycles. The van der Waals surface area contributed by atoms with Gasteiger partial charge in [0.15, 0.2) is 0 Å². The van der Waals surface area contributed by atoms with E-state index in [4.69, 9.17) is 11.6 Å². The van der Waals surface area contributed by atoms with Gasteiger partial charge in [0.1, 0.15) is 11.6 Å². The van der Waals surface area contributed by atoms with Gasteiger partial charge in [-0.1, -0.05) is 37.6 Å². The molecule has 0 saturated carbocycles. The predicted molar refractivity (Wildman–Crippen MR) is 127 cm³/mol. The smallest absolute Gasteiger partial charge is 0.253 e. The van der Waals surface area contributed by atoms with E-state index < -0.39 is 11.6 Å². The Morgan fingerprint density at radius 1 is 1.13 bits per heavy atom. The second-order valence-corrected chi connectivity index (χ2v) is 8.12. The molecule has 0 spiro atoms. The number of aromatic amines is 1. The summed E-state index contributed by atoms with van der Waals surface area (Å²) in [4.78, 5) is 16.1. The van der Waals surface area contributed by atoms with Crippen molar-refractivity contribution >= 4 is 29.3 Å². The van der Waals surface area contributed by atoms with Gasteiger partial charge in [0.25, 0.3) is 5.91 Å². The molecule has 3 nitrogen and oxygen atoms in total. The standard InChI is InChI=1S/C22H21ClF2N2OS.C2H6/c1-12-17(24)7-8-18(25)20(12)21-13(2)26-10-16(21)22(28)27-19(11-29-3)14-5-4-6-15(23)9-14;1-2/h4-10,19,26H,11H2,1-3H3,(H,27,28);1-2H3. The van der Waals surface area contributed by atoms with E-state index in [1.165, 1.54) is 13.1 Å². The van der Waals surface area contributed by atoms with Crippen molar-refractivity contribution in [2.75, 3.05) is 12.0 Å². The Morgan fingerprint density at radius 2 is 1.81 bits per heavy atom. The lowest BCUT2D eigenvalue weighted by atomic mass is 9.96. The highest BCUT2D eigenvalue weighted by Gasteiger charge is 2.24. The lowest BCUT2D eigenvalue weighted by molar-refractivity contribution is 0.0941. The van der Waals surface area contributed by atoms with Crippen LogP contribution >= 0.6 is 23.4 Å². The van der Waals surface area contributed by atoms with Gasteiger partial charge in [-0.25, -0.2) is 8.78 Å². The van der Waals surface area contributed by atoms with Gasteiger partial charge >= 0.3 is 0 Å². The molecule has 7 heteroatoms. The monoisotopic (exact) mass is 464 g/mol. The van der Waals surface area contributed by atoms with Crippen LogP contribution in [0.2, 0.25) is 5.02 Å². The minimum atomic E-state index is -0.573. The summed E-state index contributed by atoms with van der Waals surface area (Å²) in [7, 11) is 0. The summed E-state index contributed by atoms with van der Waals surface area (Å²) in [6, 6.07) is 9.19. The Morgan fingerprint density at radius 3 is 2.45 bits per heavy atom. The zero-order chi connectivity index (χ0) is 23.1. The van der Waals surface area contributed by atoms with Crippen LogP contribution in [0.25, 0.3) is 11.1 Å². The Kier molecular flexibility index (Phi) is 9.14. The van der Waals surface area contributed by atoms with Crippen molar-refractivity contribution in [3.63, 3.8) is 0 Å². The first-order valence-electron chi connectivity index (χ1n) is 10.0. The van der Waals surface area contributed by atoms with Crippen molar-refractivity contribution < 1.29 is 13.6 Å². The first-order chi connectivity index (χ1) is 14.8. The van der Waals surface area contributed by atoms with Gasteiger partial charge in [0.05, 0.1) is 11.6 Å². The number of H-pyrrole nitrogens is 1. The third kappa shape index (κ3) is 5.69. The lowest BCUT2D eigenvalue weighted by Gasteiger charge is -2.19. The molecule has 0 bridgehead atoms. The Bertz CT molecular complexity index is 1050. The highest BCUT2D eigenvalue weighted by molar-refractivity contribution is 7.98. The zero-order valence-electron chi connectivity index (χ0n) is 18.3. The van der Waals surface area contributed by atoms with E-state index in [1.54, 1.807) is 24.8 Å². The van der Waals surface area contributed by atoms with E-state index in [0.717, 1.165) is 17.7 Å². The summed E-state index contributed by atoms with van der Waals surface area (Å²) in [5, 5.41) is 3.58. The second kappa shape index (κ2) is 11.3. The number of halogens is 3. The van der Waals surface area contributed by atoms with Crippen LogP contribution in [0.15, 0.2) is 42.6 Å². The molecule has 166 valence electrons. The fourth-order valence-electron chi connectivity index (χ4n) is 3.34. The summed E-state index contributed by atoms with van der Waals surface area (Å²) in [6.45, 7) is 7.23. The van der Waals surface area contributed by atoms with Crippen molar-refractivity contribution in [3.8, 4) is 11.1 Å². The van der Waals surface area contributed by atoms with Crippen LogP contribution in [0.4, 0.5) is 8.78 Å². The van der Waals surface area contributed by atoms with E-state index in [9.17, 15) is 13.6 Å². The van der Waals surface area contributed by atoms with E-state index in [1.807, 2.05) is 38.3 Å². The van der Waals surface area contributed by atoms with Crippen molar-refractivity contribution in [1.29, 1.82) is 0 Å². The van der Waals surface area contributed by atoms with Gasteiger partial charge in [-0.2, -0.15) is 11.8 Å².